The minimum absolute atomic E-state index is 0.320. The molecule has 0 unspecified atom stereocenters. The first-order valence-electron chi connectivity index (χ1n) is 12.7. The third kappa shape index (κ3) is 3.56. The second-order valence-electron chi connectivity index (χ2n) is 9.99. The van der Waals surface area contributed by atoms with Crippen molar-refractivity contribution >= 4 is 52.6 Å². The van der Waals surface area contributed by atoms with Crippen LogP contribution in [0.3, 0.4) is 0 Å². The summed E-state index contributed by atoms with van der Waals surface area (Å²) in [5, 5.41) is 2.69. The summed E-state index contributed by atoms with van der Waals surface area (Å²) < 4.78 is 5.11. The van der Waals surface area contributed by atoms with E-state index in [1.807, 2.05) is 55.5 Å². The molecule has 2 atom stereocenters. The van der Waals surface area contributed by atoms with Gasteiger partial charge in [0, 0.05) is 5.69 Å². The molecule has 0 aromatic heterocycles. The van der Waals surface area contributed by atoms with Crippen molar-refractivity contribution < 1.29 is 23.9 Å². The molecule has 198 valence electrons. The number of esters is 1. The maximum absolute atomic E-state index is 13.8. The largest absolute Gasteiger partial charge is 0.462 e. The summed E-state index contributed by atoms with van der Waals surface area (Å²) in [6.45, 7) is 1.73. The summed E-state index contributed by atoms with van der Waals surface area (Å²) >= 11 is 14.8. The van der Waals surface area contributed by atoms with E-state index in [1.165, 1.54) is 12.1 Å². The van der Waals surface area contributed by atoms with Crippen LogP contribution in [-0.2, 0) is 28.9 Å². The molecule has 3 aliphatic carbocycles. The van der Waals surface area contributed by atoms with E-state index in [4.69, 9.17) is 27.9 Å². The first kappa shape index (κ1) is 25.6. The molecule has 7 nitrogen and oxygen atoms in total. The van der Waals surface area contributed by atoms with E-state index in [0.717, 1.165) is 4.90 Å². The third-order valence-corrected chi connectivity index (χ3v) is 9.10. The number of alkyl halides is 2. The molecule has 1 fully saturated rings. The number of nitrogens with zero attached hydrogens (tertiary/aromatic N) is 1. The van der Waals surface area contributed by atoms with Crippen LogP contribution >= 0.6 is 23.2 Å². The fraction of sp³-hybridized carbons (Fsp3) is 0.267. The number of carbonyl (C=O) groups excluding carboxylic acids is 4. The van der Waals surface area contributed by atoms with E-state index in [9.17, 15) is 19.2 Å². The van der Waals surface area contributed by atoms with Crippen molar-refractivity contribution in [3.05, 3.63) is 101 Å². The molecular formula is C30H24Cl2N2O5. The second-order valence-corrected chi connectivity index (χ2v) is 11.2. The van der Waals surface area contributed by atoms with Gasteiger partial charge in [0.2, 0.25) is 17.7 Å². The molecule has 1 N–H and O–H groups in total. The SMILES string of the molecule is CCCOC(=O)c1ccc(NC(=O)CN2C(=O)[C@@H]3[C@@H](C2=O)C2(Cl)c4ccccc4C3(Cl)c3ccccc32)cc1. The Hall–Kier alpha value is -3.68. The van der Waals surface area contributed by atoms with E-state index >= 15 is 0 Å². The van der Waals surface area contributed by atoms with Crippen LogP contribution in [0.25, 0.3) is 0 Å². The second kappa shape index (κ2) is 9.21. The lowest BCUT2D eigenvalue weighted by atomic mass is 9.54. The van der Waals surface area contributed by atoms with Crippen molar-refractivity contribution in [2.75, 3.05) is 18.5 Å². The van der Waals surface area contributed by atoms with Crippen molar-refractivity contribution in [2.24, 2.45) is 11.8 Å². The smallest absolute Gasteiger partial charge is 0.338 e. The zero-order chi connectivity index (χ0) is 27.5. The molecule has 1 heterocycles. The number of carbonyl (C=O) groups is 4. The summed E-state index contributed by atoms with van der Waals surface area (Å²) in [7, 11) is 0. The predicted octanol–water partition coefficient (Wildman–Crippen LogP) is 4.79. The van der Waals surface area contributed by atoms with Gasteiger partial charge in [0.1, 0.15) is 16.3 Å². The van der Waals surface area contributed by atoms with Gasteiger partial charge in [0.25, 0.3) is 0 Å². The minimum Gasteiger partial charge on any atom is -0.462 e. The van der Waals surface area contributed by atoms with Gasteiger partial charge in [-0.3, -0.25) is 19.3 Å². The van der Waals surface area contributed by atoms with Gasteiger partial charge in [-0.05, 0) is 52.9 Å². The number of halogens is 2. The van der Waals surface area contributed by atoms with Gasteiger partial charge >= 0.3 is 5.97 Å². The Balaban J connectivity index is 1.28. The lowest BCUT2D eigenvalue weighted by molar-refractivity contribution is -0.142. The number of nitrogens with one attached hydrogen (secondary N) is 1. The Kier molecular flexibility index (Phi) is 6.04. The number of anilines is 1. The topological polar surface area (TPSA) is 92.8 Å². The van der Waals surface area contributed by atoms with Crippen LogP contribution in [0.1, 0.15) is 46.0 Å². The molecule has 3 aromatic rings. The quantitative estimate of drug-likeness (QED) is 0.265. The zero-order valence-electron chi connectivity index (χ0n) is 20.9. The Morgan fingerprint density at radius 1 is 0.821 bits per heavy atom. The summed E-state index contributed by atoms with van der Waals surface area (Å²) in [6.07, 6.45) is 0.712. The number of rotatable bonds is 6. The predicted molar refractivity (Wildman–Crippen MR) is 145 cm³/mol. The molecule has 1 aliphatic heterocycles. The van der Waals surface area contributed by atoms with Crippen molar-refractivity contribution in [2.45, 2.75) is 23.1 Å². The number of hydrogen-bond acceptors (Lipinski definition) is 5. The zero-order valence-corrected chi connectivity index (χ0v) is 22.5. The van der Waals surface area contributed by atoms with Gasteiger partial charge in [-0.15, -0.1) is 23.2 Å². The van der Waals surface area contributed by atoms with Crippen LogP contribution in [0, 0.1) is 11.8 Å². The van der Waals surface area contributed by atoms with Gasteiger partial charge in [0.05, 0.1) is 24.0 Å². The highest BCUT2D eigenvalue weighted by Gasteiger charge is 2.73. The molecule has 9 heteroatoms. The summed E-state index contributed by atoms with van der Waals surface area (Å²) in [5.74, 6) is -4.00. The molecule has 1 saturated heterocycles. The monoisotopic (exact) mass is 562 g/mol. The van der Waals surface area contributed by atoms with Crippen molar-refractivity contribution in [3.63, 3.8) is 0 Å². The van der Waals surface area contributed by atoms with E-state index < -0.39 is 51.8 Å². The Bertz CT molecular complexity index is 1410. The lowest BCUT2D eigenvalue weighted by Gasteiger charge is -2.54. The summed E-state index contributed by atoms with van der Waals surface area (Å²) in [4.78, 5) is 51.0. The molecule has 3 amide bonds. The van der Waals surface area contributed by atoms with Crippen LogP contribution in [0.15, 0.2) is 72.8 Å². The number of likely N-dealkylation sites (tertiary alicyclic amines) is 1. The Morgan fingerprint density at radius 3 is 1.72 bits per heavy atom. The molecule has 2 bridgehead atoms. The van der Waals surface area contributed by atoms with E-state index in [0.29, 0.717) is 46.5 Å². The number of benzene rings is 3. The Morgan fingerprint density at radius 2 is 1.28 bits per heavy atom. The number of imide groups is 1. The van der Waals surface area contributed by atoms with Gasteiger partial charge in [0.15, 0.2) is 0 Å². The van der Waals surface area contributed by atoms with E-state index in [-0.39, 0.29) is 0 Å². The summed E-state index contributed by atoms with van der Waals surface area (Å²) in [5.41, 5.74) is 3.56. The molecular weight excluding hydrogens is 539 g/mol. The van der Waals surface area contributed by atoms with Crippen LogP contribution < -0.4 is 5.32 Å². The first-order chi connectivity index (χ1) is 18.7. The van der Waals surface area contributed by atoms with Gasteiger partial charge in [-0.25, -0.2) is 4.79 Å². The van der Waals surface area contributed by atoms with Crippen molar-refractivity contribution in [1.82, 2.24) is 4.90 Å². The fourth-order valence-electron chi connectivity index (χ4n) is 6.19. The molecule has 3 aromatic carbocycles. The number of ether oxygens (including phenoxy) is 1. The highest BCUT2D eigenvalue weighted by molar-refractivity contribution is 6.36. The highest BCUT2D eigenvalue weighted by atomic mass is 35.5. The molecule has 7 rings (SSSR count). The Labute approximate surface area is 235 Å². The van der Waals surface area contributed by atoms with E-state index in [1.54, 1.807) is 12.1 Å². The van der Waals surface area contributed by atoms with Crippen LogP contribution in [0.4, 0.5) is 5.69 Å². The minimum atomic E-state index is -1.30. The van der Waals surface area contributed by atoms with Crippen molar-refractivity contribution in [3.8, 4) is 0 Å². The lowest BCUT2D eigenvalue weighted by Crippen LogP contribution is -2.57. The molecule has 4 aliphatic rings. The molecule has 39 heavy (non-hydrogen) atoms. The third-order valence-electron chi connectivity index (χ3n) is 7.82. The fourth-order valence-corrected chi connectivity index (χ4v) is 7.29. The van der Waals surface area contributed by atoms with Gasteiger partial charge in [-0.2, -0.15) is 0 Å². The maximum Gasteiger partial charge on any atom is 0.338 e. The summed E-state index contributed by atoms with van der Waals surface area (Å²) in [6, 6.07) is 20.9. The maximum atomic E-state index is 13.8. The van der Waals surface area contributed by atoms with Crippen molar-refractivity contribution in [1.29, 1.82) is 0 Å². The van der Waals surface area contributed by atoms with Gasteiger partial charge < -0.3 is 10.1 Å². The molecule has 0 spiro atoms. The first-order valence-corrected chi connectivity index (χ1v) is 13.5. The number of hydrogen-bond donors (Lipinski definition) is 1. The van der Waals surface area contributed by atoms with Crippen LogP contribution in [0.2, 0.25) is 0 Å². The van der Waals surface area contributed by atoms with Crippen LogP contribution in [-0.4, -0.2) is 41.7 Å². The average molecular weight is 563 g/mol. The highest BCUT2D eigenvalue weighted by Crippen LogP contribution is 2.69. The van der Waals surface area contributed by atoms with Gasteiger partial charge in [-0.1, -0.05) is 55.5 Å². The van der Waals surface area contributed by atoms with Crippen LogP contribution in [0.5, 0.6) is 0 Å². The van der Waals surface area contributed by atoms with E-state index in [2.05, 4.69) is 5.32 Å². The average Bonchev–Trinajstić information content (AvgIpc) is 3.21. The molecule has 0 radical (unpaired) electrons. The standard InChI is InChI=1S/C30H24Cl2N2O5/c1-2-15-39-28(38)17-11-13-18(14-12-17)33-23(35)16-34-26(36)24-25(27(34)37)30(32)20-8-4-3-7-19(20)29(24,31)21-9-5-6-10-22(21)30/h3-14,24-25H,2,15-16H2,1H3,(H,33,35)/t24-,25-,29?,30?/m0/s1. The normalized spacial score (nSPS) is 26.1. The molecule has 0 saturated carbocycles. The number of amides is 3.